The quantitative estimate of drug-likeness (QED) is 0.866. The third-order valence-corrected chi connectivity index (χ3v) is 5.97. The molecule has 0 saturated carbocycles. The van der Waals surface area contributed by atoms with Crippen LogP contribution < -0.4 is 4.74 Å². The smallest absolute Gasteiger partial charge is 0.227 e. The number of hydrogen-bond donors (Lipinski definition) is 1. The van der Waals surface area contributed by atoms with Crippen LogP contribution in [0.1, 0.15) is 24.0 Å². The molecular formula is C23H28N2O3. The topological polar surface area (TPSA) is 53.0 Å². The van der Waals surface area contributed by atoms with Crippen LogP contribution >= 0.6 is 0 Å². The number of ether oxygens (including phenoxy) is 1. The summed E-state index contributed by atoms with van der Waals surface area (Å²) in [7, 11) is 1.69. The van der Waals surface area contributed by atoms with Gasteiger partial charge in [-0.2, -0.15) is 0 Å². The molecule has 5 rings (SSSR count). The number of methoxy groups -OCH3 is 1. The van der Waals surface area contributed by atoms with Crippen LogP contribution in [0.2, 0.25) is 0 Å². The van der Waals surface area contributed by atoms with Gasteiger partial charge in [0.25, 0.3) is 0 Å². The highest BCUT2D eigenvalue weighted by Gasteiger charge is 2.36. The fourth-order valence-electron chi connectivity index (χ4n) is 4.49. The van der Waals surface area contributed by atoms with Gasteiger partial charge in [-0.1, -0.05) is 24.3 Å². The maximum absolute atomic E-state index is 13.0. The zero-order chi connectivity index (χ0) is 19.5. The Morgan fingerprint density at radius 1 is 1.00 bits per heavy atom. The largest absolute Gasteiger partial charge is 0.508 e. The normalized spacial score (nSPS) is 22.1. The molecule has 2 atom stereocenters. The molecule has 3 saturated heterocycles. The van der Waals surface area contributed by atoms with Crippen LogP contribution in [0.4, 0.5) is 0 Å². The van der Waals surface area contributed by atoms with Crippen molar-refractivity contribution in [2.75, 3.05) is 26.7 Å². The Labute approximate surface area is 166 Å². The van der Waals surface area contributed by atoms with Crippen molar-refractivity contribution in [1.29, 1.82) is 0 Å². The lowest BCUT2D eigenvalue weighted by Crippen LogP contribution is -2.47. The SMILES string of the molecule is COc1ccc(CN2C[C@H]3CC[C@@H](C2)N(C(=O)Cc2ccc(O)cc2)C3)cc1. The summed E-state index contributed by atoms with van der Waals surface area (Å²) in [6, 6.07) is 15.5. The van der Waals surface area contributed by atoms with E-state index in [-0.39, 0.29) is 11.7 Å². The van der Waals surface area contributed by atoms with E-state index >= 15 is 0 Å². The highest BCUT2D eigenvalue weighted by atomic mass is 16.5. The number of carbonyl (C=O) groups is 1. The minimum Gasteiger partial charge on any atom is -0.508 e. The lowest BCUT2D eigenvalue weighted by atomic mass is 9.94. The number of hydrogen-bond acceptors (Lipinski definition) is 4. The van der Waals surface area contributed by atoms with Crippen molar-refractivity contribution >= 4 is 5.91 Å². The Morgan fingerprint density at radius 3 is 2.43 bits per heavy atom. The predicted octanol–water partition coefficient (Wildman–Crippen LogP) is 3.07. The first-order valence-corrected chi connectivity index (χ1v) is 10.0. The van der Waals surface area contributed by atoms with E-state index in [9.17, 15) is 9.90 Å². The first-order valence-electron chi connectivity index (χ1n) is 10.0. The van der Waals surface area contributed by atoms with Crippen molar-refractivity contribution < 1.29 is 14.6 Å². The number of nitrogens with zero attached hydrogens (tertiary/aromatic N) is 2. The van der Waals surface area contributed by atoms with E-state index in [0.717, 1.165) is 43.9 Å². The lowest BCUT2D eigenvalue weighted by Gasteiger charge is -2.36. The Balaban J connectivity index is 1.40. The van der Waals surface area contributed by atoms with Crippen LogP contribution in [0.3, 0.4) is 0 Å². The number of aromatic hydroxyl groups is 1. The van der Waals surface area contributed by atoms with Gasteiger partial charge in [-0.3, -0.25) is 9.69 Å². The number of carbonyl (C=O) groups excluding carboxylic acids is 1. The number of phenolic OH excluding ortho intramolecular Hbond substituents is 1. The Morgan fingerprint density at radius 2 is 1.71 bits per heavy atom. The molecule has 3 aliphatic heterocycles. The molecular weight excluding hydrogens is 352 g/mol. The van der Waals surface area contributed by atoms with Crippen molar-refractivity contribution in [2.45, 2.75) is 31.8 Å². The molecule has 3 aliphatic rings. The Bertz CT molecular complexity index is 804. The van der Waals surface area contributed by atoms with Crippen LogP contribution in [0.5, 0.6) is 11.5 Å². The Kier molecular flexibility index (Phi) is 5.53. The standard InChI is InChI=1S/C23H28N2O3/c1-28-22-10-5-18(6-11-22)13-24-14-19-2-7-20(16-24)25(15-19)23(27)12-17-3-8-21(26)9-4-17/h3-6,8-11,19-20,26H,2,7,12-16H2,1H3/t19-,20+/m1/s1. The molecule has 148 valence electrons. The number of piperidine rings is 1. The van der Waals surface area contributed by atoms with E-state index in [4.69, 9.17) is 4.74 Å². The third kappa shape index (κ3) is 4.30. The summed E-state index contributed by atoms with van der Waals surface area (Å²) in [5.74, 6) is 1.86. The molecule has 3 heterocycles. The number of fused-ring (bicyclic) bond motifs is 4. The average Bonchev–Trinajstić information content (AvgIpc) is 3.01. The fourth-order valence-corrected chi connectivity index (χ4v) is 4.49. The van der Waals surface area contributed by atoms with Gasteiger partial charge in [-0.15, -0.1) is 0 Å². The summed E-state index contributed by atoms with van der Waals surface area (Å²) >= 11 is 0. The molecule has 3 fully saturated rings. The fraction of sp³-hybridized carbons (Fsp3) is 0.435. The predicted molar refractivity (Wildman–Crippen MR) is 108 cm³/mol. The van der Waals surface area contributed by atoms with E-state index in [2.05, 4.69) is 21.9 Å². The highest BCUT2D eigenvalue weighted by molar-refractivity contribution is 5.79. The van der Waals surface area contributed by atoms with Crippen LogP contribution in [-0.4, -0.2) is 53.6 Å². The summed E-state index contributed by atoms with van der Waals surface area (Å²) in [6.07, 6.45) is 2.69. The van der Waals surface area contributed by atoms with Gasteiger partial charge in [-0.25, -0.2) is 0 Å². The second-order valence-corrected chi connectivity index (χ2v) is 8.03. The average molecular weight is 380 g/mol. The van der Waals surface area contributed by atoms with Crippen molar-refractivity contribution in [1.82, 2.24) is 9.80 Å². The highest BCUT2D eigenvalue weighted by Crippen LogP contribution is 2.29. The van der Waals surface area contributed by atoms with Crippen molar-refractivity contribution in [3.8, 4) is 11.5 Å². The van der Waals surface area contributed by atoms with Gasteiger partial charge < -0.3 is 14.7 Å². The summed E-state index contributed by atoms with van der Waals surface area (Å²) in [5.41, 5.74) is 2.24. The van der Waals surface area contributed by atoms with Crippen molar-refractivity contribution in [2.24, 2.45) is 5.92 Å². The van der Waals surface area contributed by atoms with Gasteiger partial charge in [0.1, 0.15) is 11.5 Å². The summed E-state index contributed by atoms with van der Waals surface area (Å²) in [5, 5.41) is 9.43. The molecule has 0 aromatic heterocycles. The van der Waals surface area contributed by atoms with E-state index in [1.807, 2.05) is 24.3 Å². The maximum atomic E-state index is 13.0. The van der Waals surface area contributed by atoms with Crippen molar-refractivity contribution in [3.05, 3.63) is 59.7 Å². The summed E-state index contributed by atoms with van der Waals surface area (Å²) in [6.45, 7) is 3.76. The minimum absolute atomic E-state index is 0.201. The second kappa shape index (κ2) is 8.23. The molecule has 0 spiro atoms. The van der Waals surface area contributed by atoms with Crippen molar-refractivity contribution in [3.63, 3.8) is 0 Å². The molecule has 2 bridgehead atoms. The van der Waals surface area contributed by atoms with E-state index in [0.29, 0.717) is 18.4 Å². The molecule has 1 N–H and O–H groups in total. The number of amides is 1. The van der Waals surface area contributed by atoms with Gasteiger partial charge in [-0.05, 0) is 54.2 Å². The summed E-state index contributed by atoms with van der Waals surface area (Å²) in [4.78, 5) is 17.6. The number of phenols is 1. The van der Waals surface area contributed by atoms with Gasteiger partial charge in [0.15, 0.2) is 0 Å². The number of rotatable bonds is 5. The monoisotopic (exact) mass is 380 g/mol. The van der Waals surface area contributed by atoms with Gasteiger partial charge >= 0.3 is 0 Å². The zero-order valence-corrected chi connectivity index (χ0v) is 16.4. The van der Waals surface area contributed by atoms with Crippen LogP contribution in [-0.2, 0) is 17.8 Å². The molecule has 5 nitrogen and oxygen atoms in total. The third-order valence-electron chi connectivity index (χ3n) is 5.97. The molecule has 2 aromatic carbocycles. The van der Waals surface area contributed by atoms with E-state index < -0.39 is 0 Å². The van der Waals surface area contributed by atoms with Crippen LogP contribution in [0, 0.1) is 5.92 Å². The molecule has 1 amide bonds. The summed E-state index contributed by atoms with van der Waals surface area (Å²) < 4.78 is 5.25. The minimum atomic E-state index is 0.201. The molecule has 0 radical (unpaired) electrons. The molecule has 28 heavy (non-hydrogen) atoms. The van der Waals surface area contributed by atoms with Gasteiger partial charge in [0.2, 0.25) is 5.91 Å². The van der Waals surface area contributed by atoms with Gasteiger partial charge in [0, 0.05) is 32.2 Å². The molecule has 0 aliphatic carbocycles. The van der Waals surface area contributed by atoms with E-state index in [1.165, 1.54) is 12.0 Å². The number of benzene rings is 2. The zero-order valence-electron chi connectivity index (χ0n) is 16.4. The van der Waals surface area contributed by atoms with E-state index in [1.54, 1.807) is 19.2 Å². The molecule has 0 unspecified atom stereocenters. The van der Waals surface area contributed by atoms with Crippen LogP contribution in [0.25, 0.3) is 0 Å². The lowest BCUT2D eigenvalue weighted by molar-refractivity contribution is -0.134. The molecule has 2 aromatic rings. The maximum Gasteiger partial charge on any atom is 0.227 e. The van der Waals surface area contributed by atoms with Gasteiger partial charge in [0.05, 0.1) is 13.5 Å². The van der Waals surface area contributed by atoms with Crippen LogP contribution in [0.15, 0.2) is 48.5 Å². The molecule has 5 heteroatoms. The Hall–Kier alpha value is -2.53. The first kappa shape index (κ1) is 18.8. The second-order valence-electron chi connectivity index (χ2n) is 8.03. The first-order chi connectivity index (χ1) is 13.6.